The van der Waals surface area contributed by atoms with Gasteiger partial charge in [-0.25, -0.2) is 4.39 Å². The Kier molecular flexibility index (Phi) is 6.20. The number of thiophene rings is 1. The van der Waals surface area contributed by atoms with Crippen LogP contribution in [0.1, 0.15) is 29.2 Å². The lowest BCUT2D eigenvalue weighted by atomic mass is 10.1. The van der Waals surface area contributed by atoms with Crippen molar-refractivity contribution < 1.29 is 13.6 Å². The fourth-order valence-corrected chi connectivity index (χ4v) is 3.48. The Balaban J connectivity index is 1.61. The van der Waals surface area contributed by atoms with Gasteiger partial charge in [-0.05, 0) is 48.2 Å². The highest BCUT2D eigenvalue weighted by Gasteiger charge is 2.16. The summed E-state index contributed by atoms with van der Waals surface area (Å²) in [4.78, 5) is 15.7. The highest BCUT2D eigenvalue weighted by Crippen LogP contribution is 2.16. The van der Waals surface area contributed by atoms with Crippen molar-refractivity contribution in [1.29, 1.82) is 0 Å². The summed E-state index contributed by atoms with van der Waals surface area (Å²) in [5.74, 6) is 0.457. The lowest BCUT2D eigenvalue weighted by Crippen LogP contribution is -2.37. The van der Waals surface area contributed by atoms with Crippen LogP contribution >= 0.6 is 11.3 Å². The molecule has 26 heavy (non-hydrogen) atoms. The minimum atomic E-state index is -0.284. The number of carbonyl (C=O) groups is 1. The molecule has 2 aromatic heterocycles. The zero-order valence-corrected chi connectivity index (χ0v) is 15.3. The third-order valence-corrected chi connectivity index (χ3v) is 4.89. The molecule has 1 unspecified atom stereocenters. The quantitative estimate of drug-likeness (QED) is 0.639. The van der Waals surface area contributed by atoms with Gasteiger partial charge in [0.15, 0.2) is 0 Å². The summed E-state index contributed by atoms with van der Waals surface area (Å²) in [6.07, 6.45) is 1.63. The molecular formula is C20H21FN2O2S. The van der Waals surface area contributed by atoms with Crippen LogP contribution in [0, 0.1) is 5.82 Å². The predicted octanol–water partition coefficient (Wildman–Crippen LogP) is 4.36. The van der Waals surface area contributed by atoms with E-state index in [4.69, 9.17) is 4.42 Å². The number of hydrogen-bond acceptors (Lipinski definition) is 4. The minimum Gasteiger partial charge on any atom is -0.468 e. The molecule has 3 rings (SSSR count). The summed E-state index contributed by atoms with van der Waals surface area (Å²) in [6, 6.07) is 13.8. The van der Waals surface area contributed by atoms with Crippen LogP contribution in [0.25, 0.3) is 0 Å². The van der Waals surface area contributed by atoms with Crippen molar-refractivity contribution in [2.24, 2.45) is 0 Å². The molecule has 3 aromatic rings. The molecule has 0 aliphatic rings. The molecule has 136 valence electrons. The third kappa shape index (κ3) is 5.28. The van der Waals surface area contributed by atoms with Crippen molar-refractivity contribution >= 4 is 17.2 Å². The van der Waals surface area contributed by atoms with Crippen molar-refractivity contribution in [3.8, 4) is 0 Å². The van der Waals surface area contributed by atoms with Gasteiger partial charge in [-0.15, -0.1) is 11.3 Å². The average molecular weight is 372 g/mol. The molecule has 6 heteroatoms. The number of furan rings is 1. The molecule has 1 amide bonds. The molecule has 0 saturated heterocycles. The fraction of sp³-hybridized carbons (Fsp3) is 0.250. The van der Waals surface area contributed by atoms with Crippen LogP contribution in [0.5, 0.6) is 0 Å². The minimum absolute atomic E-state index is 0.0788. The Bertz CT molecular complexity index is 765. The first-order chi connectivity index (χ1) is 12.6. The van der Waals surface area contributed by atoms with Gasteiger partial charge in [0.1, 0.15) is 11.6 Å². The smallest absolute Gasteiger partial charge is 0.234 e. The Labute approximate surface area is 156 Å². The van der Waals surface area contributed by atoms with Gasteiger partial charge < -0.3 is 9.73 Å². The summed E-state index contributed by atoms with van der Waals surface area (Å²) < 4.78 is 18.5. The molecule has 1 atom stereocenters. The van der Waals surface area contributed by atoms with E-state index in [2.05, 4.69) is 11.4 Å². The monoisotopic (exact) mass is 372 g/mol. The standard InChI is InChI=1S/C20H21FN2O2S/c1-15(16-6-8-17(21)9-7-16)22-20(24)14-23(12-18-4-2-10-25-18)13-19-5-3-11-26-19/h2-11,15H,12-14H2,1H3,(H,22,24). The van der Waals surface area contributed by atoms with E-state index in [1.54, 1.807) is 29.7 Å². The first-order valence-corrected chi connectivity index (χ1v) is 9.30. The average Bonchev–Trinajstić information content (AvgIpc) is 3.29. The Hall–Kier alpha value is -2.44. The predicted molar refractivity (Wildman–Crippen MR) is 100 cm³/mol. The highest BCUT2D eigenvalue weighted by molar-refractivity contribution is 7.09. The SMILES string of the molecule is CC(NC(=O)CN(Cc1ccco1)Cc1cccs1)c1ccc(F)cc1. The topological polar surface area (TPSA) is 45.5 Å². The van der Waals surface area contributed by atoms with Gasteiger partial charge in [0.2, 0.25) is 5.91 Å². The number of nitrogens with zero attached hydrogens (tertiary/aromatic N) is 1. The van der Waals surface area contributed by atoms with Crippen molar-refractivity contribution in [2.75, 3.05) is 6.54 Å². The van der Waals surface area contributed by atoms with Gasteiger partial charge in [0.05, 0.1) is 25.4 Å². The van der Waals surface area contributed by atoms with Crippen molar-refractivity contribution in [2.45, 2.75) is 26.1 Å². The van der Waals surface area contributed by atoms with Crippen LogP contribution in [0.4, 0.5) is 4.39 Å². The van der Waals surface area contributed by atoms with Crippen LogP contribution < -0.4 is 5.32 Å². The molecule has 1 aromatic carbocycles. The number of rotatable bonds is 8. The first-order valence-electron chi connectivity index (χ1n) is 8.42. The van der Waals surface area contributed by atoms with E-state index in [-0.39, 0.29) is 24.3 Å². The second-order valence-corrected chi connectivity index (χ2v) is 7.18. The van der Waals surface area contributed by atoms with Crippen LogP contribution in [-0.2, 0) is 17.9 Å². The second-order valence-electron chi connectivity index (χ2n) is 6.14. The highest BCUT2D eigenvalue weighted by atomic mass is 32.1. The van der Waals surface area contributed by atoms with E-state index >= 15 is 0 Å². The maximum Gasteiger partial charge on any atom is 0.234 e. The van der Waals surface area contributed by atoms with Crippen LogP contribution in [0.3, 0.4) is 0 Å². The molecule has 1 N–H and O–H groups in total. The number of carbonyl (C=O) groups excluding carboxylic acids is 1. The summed E-state index contributed by atoms with van der Waals surface area (Å²) >= 11 is 1.66. The summed E-state index contributed by atoms with van der Waals surface area (Å²) in [6.45, 7) is 3.38. The molecule has 4 nitrogen and oxygen atoms in total. The molecule has 0 saturated carbocycles. The Morgan fingerprint density at radius 3 is 2.65 bits per heavy atom. The molecular weight excluding hydrogens is 351 g/mol. The molecule has 0 spiro atoms. The number of nitrogens with one attached hydrogen (secondary N) is 1. The van der Waals surface area contributed by atoms with Crippen molar-refractivity contribution in [3.63, 3.8) is 0 Å². The van der Waals surface area contributed by atoms with Gasteiger partial charge >= 0.3 is 0 Å². The number of halogens is 1. The van der Waals surface area contributed by atoms with Gasteiger partial charge in [0, 0.05) is 11.4 Å². The largest absolute Gasteiger partial charge is 0.468 e. The van der Waals surface area contributed by atoms with Crippen LogP contribution in [0.15, 0.2) is 64.6 Å². The van der Waals surface area contributed by atoms with Crippen LogP contribution in [0.2, 0.25) is 0 Å². The molecule has 0 bridgehead atoms. The van der Waals surface area contributed by atoms with Gasteiger partial charge in [-0.3, -0.25) is 9.69 Å². The van der Waals surface area contributed by atoms with Crippen LogP contribution in [-0.4, -0.2) is 17.4 Å². The zero-order chi connectivity index (χ0) is 18.4. The number of benzene rings is 1. The normalized spacial score (nSPS) is 12.3. The summed E-state index contributed by atoms with van der Waals surface area (Å²) in [5.41, 5.74) is 0.871. The fourth-order valence-electron chi connectivity index (χ4n) is 2.74. The van der Waals surface area contributed by atoms with E-state index in [0.29, 0.717) is 13.1 Å². The molecule has 0 fully saturated rings. The Morgan fingerprint density at radius 2 is 2.00 bits per heavy atom. The lowest BCUT2D eigenvalue weighted by molar-refractivity contribution is -0.123. The molecule has 0 aliphatic heterocycles. The van der Waals surface area contributed by atoms with E-state index in [1.807, 2.05) is 35.4 Å². The zero-order valence-electron chi connectivity index (χ0n) is 14.5. The van der Waals surface area contributed by atoms with E-state index in [1.165, 1.54) is 17.0 Å². The molecule has 0 radical (unpaired) electrons. The third-order valence-electron chi connectivity index (χ3n) is 4.03. The van der Waals surface area contributed by atoms with Gasteiger partial charge in [0.25, 0.3) is 0 Å². The van der Waals surface area contributed by atoms with Crippen molar-refractivity contribution in [3.05, 3.63) is 82.2 Å². The maximum atomic E-state index is 13.0. The number of hydrogen-bond donors (Lipinski definition) is 1. The van der Waals surface area contributed by atoms with Crippen molar-refractivity contribution in [1.82, 2.24) is 10.2 Å². The summed E-state index contributed by atoms with van der Waals surface area (Å²) in [5, 5.41) is 5.00. The molecule has 2 heterocycles. The maximum absolute atomic E-state index is 13.0. The number of amides is 1. The first kappa shape index (κ1) is 18.4. The lowest BCUT2D eigenvalue weighted by Gasteiger charge is -2.22. The Morgan fingerprint density at radius 1 is 1.19 bits per heavy atom. The molecule has 0 aliphatic carbocycles. The van der Waals surface area contributed by atoms with Gasteiger partial charge in [-0.1, -0.05) is 18.2 Å². The summed E-state index contributed by atoms with van der Waals surface area (Å²) in [7, 11) is 0. The van der Waals surface area contributed by atoms with E-state index in [0.717, 1.165) is 11.3 Å². The van der Waals surface area contributed by atoms with E-state index < -0.39 is 0 Å². The second kappa shape index (κ2) is 8.78. The van der Waals surface area contributed by atoms with Gasteiger partial charge in [-0.2, -0.15) is 0 Å². The van der Waals surface area contributed by atoms with E-state index in [9.17, 15) is 9.18 Å².